The lowest BCUT2D eigenvalue weighted by atomic mass is 10.1. The summed E-state index contributed by atoms with van der Waals surface area (Å²) in [6.07, 6.45) is 0.743. The standard InChI is InChI=1S/C13H17BrN2O2/c1-9(16-13(18)8-15-10(2)17)7-11-5-3-4-6-12(11)14/h3-6,9H,7-8H2,1-2H3,(H,15,17)(H,16,18)/t9-/m0/s1. The molecule has 5 heteroatoms. The second kappa shape index (κ2) is 7.16. The Morgan fingerprint density at radius 3 is 2.61 bits per heavy atom. The van der Waals surface area contributed by atoms with Gasteiger partial charge in [0.2, 0.25) is 11.8 Å². The van der Waals surface area contributed by atoms with Crippen LogP contribution in [0.4, 0.5) is 0 Å². The molecule has 2 amide bonds. The minimum atomic E-state index is -0.205. The number of carbonyl (C=O) groups excluding carboxylic acids is 2. The Labute approximate surface area is 115 Å². The number of benzene rings is 1. The number of rotatable bonds is 5. The molecular weight excluding hydrogens is 296 g/mol. The summed E-state index contributed by atoms with van der Waals surface area (Å²) in [6.45, 7) is 3.35. The van der Waals surface area contributed by atoms with Crippen molar-refractivity contribution in [2.75, 3.05) is 6.54 Å². The Morgan fingerprint density at radius 1 is 1.33 bits per heavy atom. The predicted octanol–water partition coefficient (Wildman–Crippen LogP) is 1.63. The maximum Gasteiger partial charge on any atom is 0.239 e. The minimum absolute atomic E-state index is 0.0185. The molecule has 0 aliphatic carbocycles. The second-order valence-electron chi connectivity index (χ2n) is 4.17. The van der Waals surface area contributed by atoms with E-state index in [4.69, 9.17) is 0 Å². The molecule has 0 unspecified atom stereocenters. The van der Waals surface area contributed by atoms with Crippen LogP contribution >= 0.6 is 15.9 Å². The molecule has 1 atom stereocenters. The minimum Gasteiger partial charge on any atom is -0.352 e. The molecule has 0 aliphatic heterocycles. The smallest absolute Gasteiger partial charge is 0.239 e. The van der Waals surface area contributed by atoms with Crippen molar-refractivity contribution in [1.29, 1.82) is 0 Å². The number of halogens is 1. The highest BCUT2D eigenvalue weighted by Gasteiger charge is 2.09. The van der Waals surface area contributed by atoms with E-state index in [0.717, 1.165) is 16.5 Å². The van der Waals surface area contributed by atoms with Crippen molar-refractivity contribution in [2.24, 2.45) is 0 Å². The van der Waals surface area contributed by atoms with Gasteiger partial charge in [-0.15, -0.1) is 0 Å². The van der Waals surface area contributed by atoms with Crippen LogP contribution in [0.15, 0.2) is 28.7 Å². The molecular formula is C13H17BrN2O2. The van der Waals surface area contributed by atoms with Crippen LogP contribution in [0.3, 0.4) is 0 Å². The summed E-state index contributed by atoms with van der Waals surface area (Å²) in [7, 11) is 0. The Bertz CT molecular complexity index is 435. The summed E-state index contributed by atoms with van der Waals surface area (Å²) in [5, 5.41) is 5.30. The number of nitrogens with one attached hydrogen (secondary N) is 2. The van der Waals surface area contributed by atoms with E-state index < -0.39 is 0 Å². The van der Waals surface area contributed by atoms with Crippen molar-refractivity contribution in [2.45, 2.75) is 26.3 Å². The van der Waals surface area contributed by atoms with Crippen LogP contribution in [0.5, 0.6) is 0 Å². The normalized spacial score (nSPS) is 11.7. The van der Waals surface area contributed by atoms with E-state index in [1.165, 1.54) is 6.92 Å². The van der Waals surface area contributed by atoms with Crippen LogP contribution in [0, 0.1) is 0 Å². The van der Waals surface area contributed by atoms with Gasteiger partial charge in [0.15, 0.2) is 0 Å². The molecule has 0 radical (unpaired) electrons. The van der Waals surface area contributed by atoms with Gasteiger partial charge in [-0.3, -0.25) is 9.59 Å². The molecule has 0 spiro atoms. The topological polar surface area (TPSA) is 58.2 Å². The molecule has 0 bridgehead atoms. The van der Waals surface area contributed by atoms with Gasteiger partial charge in [0.25, 0.3) is 0 Å². The first-order valence-corrected chi connectivity index (χ1v) is 6.55. The highest BCUT2D eigenvalue weighted by Crippen LogP contribution is 2.17. The highest BCUT2D eigenvalue weighted by atomic mass is 79.9. The van der Waals surface area contributed by atoms with E-state index in [-0.39, 0.29) is 24.4 Å². The summed E-state index contributed by atoms with van der Waals surface area (Å²) < 4.78 is 1.04. The largest absolute Gasteiger partial charge is 0.352 e. The first-order valence-electron chi connectivity index (χ1n) is 5.76. The van der Waals surface area contributed by atoms with Gasteiger partial charge in [-0.05, 0) is 25.0 Å². The first-order chi connectivity index (χ1) is 8.49. The Balaban J connectivity index is 2.42. The summed E-state index contributed by atoms with van der Waals surface area (Å²) in [5.74, 6) is -0.381. The third kappa shape index (κ3) is 5.31. The Kier molecular flexibility index (Phi) is 5.85. The van der Waals surface area contributed by atoms with Crippen molar-refractivity contribution in [1.82, 2.24) is 10.6 Å². The quantitative estimate of drug-likeness (QED) is 0.868. The van der Waals surface area contributed by atoms with E-state index in [2.05, 4.69) is 26.6 Å². The maximum atomic E-state index is 11.5. The monoisotopic (exact) mass is 312 g/mol. The van der Waals surface area contributed by atoms with Crippen molar-refractivity contribution >= 4 is 27.7 Å². The lowest BCUT2D eigenvalue weighted by molar-refractivity contribution is -0.125. The molecule has 2 N–H and O–H groups in total. The molecule has 0 aromatic heterocycles. The van der Waals surface area contributed by atoms with E-state index in [1.807, 2.05) is 31.2 Å². The zero-order valence-electron chi connectivity index (χ0n) is 10.5. The van der Waals surface area contributed by atoms with Crippen LogP contribution in [-0.2, 0) is 16.0 Å². The SMILES string of the molecule is CC(=O)NCC(=O)N[C@@H](C)Cc1ccccc1Br. The van der Waals surface area contributed by atoms with Crippen molar-refractivity contribution in [3.8, 4) is 0 Å². The van der Waals surface area contributed by atoms with E-state index in [9.17, 15) is 9.59 Å². The molecule has 1 aromatic rings. The number of carbonyl (C=O) groups is 2. The third-order valence-electron chi connectivity index (χ3n) is 2.39. The molecule has 0 saturated carbocycles. The van der Waals surface area contributed by atoms with Gasteiger partial charge in [-0.2, -0.15) is 0 Å². The van der Waals surface area contributed by atoms with Gasteiger partial charge >= 0.3 is 0 Å². The highest BCUT2D eigenvalue weighted by molar-refractivity contribution is 9.10. The number of hydrogen-bond acceptors (Lipinski definition) is 2. The van der Waals surface area contributed by atoms with Gasteiger partial charge in [-0.1, -0.05) is 34.1 Å². The molecule has 0 aliphatic rings. The van der Waals surface area contributed by atoms with Crippen LogP contribution in [0.1, 0.15) is 19.4 Å². The third-order valence-corrected chi connectivity index (χ3v) is 3.16. The van der Waals surface area contributed by atoms with Gasteiger partial charge in [-0.25, -0.2) is 0 Å². The van der Waals surface area contributed by atoms with Gasteiger partial charge < -0.3 is 10.6 Å². The Morgan fingerprint density at radius 2 is 2.00 bits per heavy atom. The summed E-state index contributed by atoms with van der Waals surface area (Å²) in [6, 6.07) is 7.92. The van der Waals surface area contributed by atoms with E-state index in [0.29, 0.717) is 0 Å². The zero-order valence-corrected chi connectivity index (χ0v) is 12.1. The van der Waals surface area contributed by atoms with Gasteiger partial charge in [0, 0.05) is 17.4 Å². The van der Waals surface area contributed by atoms with E-state index >= 15 is 0 Å². The second-order valence-corrected chi connectivity index (χ2v) is 5.03. The van der Waals surface area contributed by atoms with Crippen LogP contribution in [0.25, 0.3) is 0 Å². The molecule has 0 fully saturated rings. The summed E-state index contributed by atoms with van der Waals surface area (Å²) in [4.78, 5) is 22.2. The molecule has 1 aromatic carbocycles. The molecule has 98 valence electrons. The fourth-order valence-electron chi connectivity index (χ4n) is 1.58. The van der Waals surface area contributed by atoms with Gasteiger partial charge in [0.1, 0.15) is 0 Å². The summed E-state index contributed by atoms with van der Waals surface area (Å²) in [5.41, 5.74) is 1.14. The maximum absolute atomic E-state index is 11.5. The van der Waals surface area contributed by atoms with Crippen molar-refractivity contribution < 1.29 is 9.59 Å². The molecule has 0 heterocycles. The Hall–Kier alpha value is -1.36. The lowest BCUT2D eigenvalue weighted by Gasteiger charge is -2.15. The first kappa shape index (κ1) is 14.7. The van der Waals surface area contributed by atoms with Gasteiger partial charge in [0.05, 0.1) is 6.54 Å². The zero-order chi connectivity index (χ0) is 13.5. The van der Waals surface area contributed by atoms with Crippen molar-refractivity contribution in [3.63, 3.8) is 0 Å². The fraction of sp³-hybridized carbons (Fsp3) is 0.385. The molecule has 4 nitrogen and oxygen atoms in total. The molecule has 1 rings (SSSR count). The molecule has 0 saturated heterocycles. The molecule has 18 heavy (non-hydrogen) atoms. The predicted molar refractivity (Wildman–Crippen MR) is 74.1 cm³/mol. The number of amides is 2. The average Bonchev–Trinajstić information content (AvgIpc) is 2.29. The fourth-order valence-corrected chi connectivity index (χ4v) is 2.02. The van der Waals surface area contributed by atoms with E-state index in [1.54, 1.807) is 0 Å². The van der Waals surface area contributed by atoms with Crippen LogP contribution in [0.2, 0.25) is 0 Å². The van der Waals surface area contributed by atoms with Crippen LogP contribution in [-0.4, -0.2) is 24.4 Å². The average molecular weight is 313 g/mol. The van der Waals surface area contributed by atoms with Crippen LogP contribution < -0.4 is 10.6 Å². The number of hydrogen-bond donors (Lipinski definition) is 2. The lowest BCUT2D eigenvalue weighted by Crippen LogP contribution is -2.41. The summed E-state index contributed by atoms with van der Waals surface area (Å²) >= 11 is 3.47. The van der Waals surface area contributed by atoms with Crippen molar-refractivity contribution in [3.05, 3.63) is 34.3 Å².